The summed E-state index contributed by atoms with van der Waals surface area (Å²) in [7, 11) is 0. The number of amides is 1. The van der Waals surface area contributed by atoms with E-state index in [1.54, 1.807) is 12.1 Å². The zero-order valence-corrected chi connectivity index (χ0v) is 17.6. The fourth-order valence-electron chi connectivity index (χ4n) is 3.24. The van der Waals surface area contributed by atoms with Crippen molar-refractivity contribution < 1.29 is 26.8 Å². The Morgan fingerprint density at radius 3 is 2.24 bits per heavy atom. The molecule has 5 nitrogen and oxygen atoms in total. The highest BCUT2D eigenvalue weighted by Crippen LogP contribution is 2.35. The van der Waals surface area contributed by atoms with Crippen LogP contribution in [0.2, 0.25) is 5.02 Å². The average molecular weight is 478 g/mol. The number of nitrogens with one attached hydrogen (secondary N) is 1. The number of hydrogen-bond donors (Lipinski definition) is 1. The highest BCUT2D eigenvalue weighted by molar-refractivity contribution is 6.32. The van der Waals surface area contributed by atoms with Gasteiger partial charge in [0.1, 0.15) is 17.1 Å². The van der Waals surface area contributed by atoms with Gasteiger partial charge in [-0.3, -0.25) is 9.48 Å². The van der Waals surface area contributed by atoms with Crippen LogP contribution in [0.1, 0.15) is 40.6 Å². The lowest BCUT2D eigenvalue weighted by atomic mass is 10.1. The second-order valence-electron chi connectivity index (χ2n) is 7.01. The summed E-state index contributed by atoms with van der Waals surface area (Å²) in [5.74, 6) is -0.570. The Bertz CT molecular complexity index is 1250. The Kier molecular flexibility index (Phi) is 6.50. The van der Waals surface area contributed by atoms with E-state index in [1.807, 2.05) is 42.5 Å². The summed E-state index contributed by atoms with van der Waals surface area (Å²) in [5.41, 5.74) is 0.758. The van der Waals surface area contributed by atoms with Crippen molar-refractivity contribution in [2.75, 3.05) is 5.32 Å². The largest absolute Gasteiger partial charge is 0.454 e. The molecule has 1 amide bonds. The van der Waals surface area contributed by atoms with Crippen molar-refractivity contribution in [3.8, 4) is 11.1 Å². The molecule has 10 heteroatoms. The molecule has 33 heavy (non-hydrogen) atoms. The van der Waals surface area contributed by atoms with E-state index in [4.69, 9.17) is 16.0 Å². The van der Waals surface area contributed by atoms with Gasteiger partial charge in [-0.05, 0) is 35.4 Å². The van der Waals surface area contributed by atoms with Crippen LogP contribution in [0.3, 0.4) is 0 Å². The third kappa shape index (κ3) is 4.93. The van der Waals surface area contributed by atoms with E-state index in [-0.39, 0.29) is 11.5 Å². The Morgan fingerprint density at radius 1 is 0.939 bits per heavy atom. The maximum Gasteiger partial charge on any atom is 0.291 e. The van der Waals surface area contributed by atoms with Gasteiger partial charge in [-0.2, -0.15) is 5.10 Å². The topological polar surface area (TPSA) is 60.1 Å². The van der Waals surface area contributed by atoms with Crippen LogP contribution in [-0.2, 0) is 6.54 Å². The smallest absolute Gasteiger partial charge is 0.291 e. The van der Waals surface area contributed by atoms with Gasteiger partial charge in [-0.1, -0.05) is 54.1 Å². The Morgan fingerprint density at radius 2 is 1.61 bits per heavy atom. The van der Waals surface area contributed by atoms with Crippen LogP contribution in [0.5, 0.6) is 0 Å². The average Bonchev–Trinajstić information content (AvgIpc) is 3.39. The van der Waals surface area contributed by atoms with Gasteiger partial charge in [0.05, 0.1) is 11.6 Å². The predicted octanol–water partition coefficient (Wildman–Crippen LogP) is 6.97. The first-order valence-corrected chi connectivity index (χ1v) is 10.1. The van der Waals surface area contributed by atoms with Crippen LogP contribution in [0, 0.1) is 0 Å². The number of carbonyl (C=O) groups is 1. The summed E-state index contributed by atoms with van der Waals surface area (Å²) in [6, 6.07) is 19.6. The molecule has 170 valence electrons. The van der Waals surface area contributed by atoms with Gasteiger partial charge in [0, 0.05) is 5.69 Å². The second kappa shape index (κ2) is 9.50. The molecular weight excluding hydrogens is 462 g/mol. The Labute approximate surface area is 190 Å². The first kappa shape index (κ1) is 22.6. The molecule has 0 bridgehead atoms. The Hall–Kier alpha value is -3.59. The van der Waals surface area contributed by atoms with Crippen molar-refractivity contribution in [3.05, 3.63) is 94.7 Å². The van der Waals surface area contributed by atoms with Crippen LogP contribution < -0.4 is 5.32 Å². The van der Waals surface area contributed by atoms with Crippen molar-refractivity contribution >= 4 is 23.2 Å². The van der Waals surface area contributed by atoms with Gasteiger partial charge in [0.2, 0.25) is 0 Å². The van der Waals surface area contributed by atoms with E-state index in [0.717, 1.165) is 11.1 Å². The third-order valence-electron chi connectivity index (χ3n) is 4.81. The van der Waals surface area contributed by atoms with Crippen LogP contribution in [0.4, 0.5) is 23.2 Å². The monoisotopic (exact) mass is 477 g/mol. The van der Waals surface area contributed by atoms with E-state index in [1.165, 1.54) is 12.1 Å². The molecule has 4 rings (SSSR count). The standard InChI is InChI=1S/C23H16ClF4N3O2/c24-18-19(21(25)26)30-31(20(18)22(27)28)12-16-10-11-17(33-16)23(32)29-15-8-6-14(7-9-15)13-4-2-1-3-5-13/h1-11,21-22H,12H2,(H,29,32). The van der Waals surface area contributed by atoms with Gasteiger partial charge in [-0.25, -0.2) is 17.6 Å². The molecule has 0 fully saturated rings. The van der Waals surface area contributed by atoms with Gasteiger partial charge in [-0.15, -0.1) is 0 Å². The molecule has 0 atom stereocenters. The lowest BCUT2D eigenvalue weighted by Gasteiger charge is -2.06. The molecule has 2 heterocycles. The van der Waals surface area contributed by atoms with Crippen molar-refractivity contribution in [2.45, 2.75) is 19.4 Å². The fraction of sp³-hybridized carbons (Fsp3) is 0.130. The van der Waals surface area contributed by atoms with Crippen LogP contribution >= 0.6 is 11.6 Å². The molecule has 0 unspecified atom stereocenters. The number of furan rings is 1. The normalized spacial score (nSPS) is 11.4. The van der Waals surface area contributed by atoms with E-state index in [9.17, 15) is 22.4 Å². The summed E-state index contributed by atoms with van der Waals surface area (Å²) >= 11 is 5.64. The quantitative estimate of drug-likeness (QED) is 0.292. The molecule has 0 spiro atoms. The summed E-state index contributed by atoms with van der Waals surface area (Å²) in [6.07, 6.45) is -6.23. The zero-order valence-electron chi connectivity index (χ0n) is 16.8. The van der Waals surface area contributed by atoms with Crippen LogP contribution in [0.15, 0.2) is 71.1 Å². The minimum Gasteiger partial charge on any atom is -0.454 e. The number of aromatic nitrogens is 2. The number of carbonyl (C=O) groups excluding carboxylic acids is 1. The third-order valence-corrected chi connectivity index (χ3v) is 5.20. The summed E-state index contributed by atoms with van der Waals surface area (Å²) in [6.45, 7) is -0.398. The molecule has 0 aliphatic heterocycles. The molecule has 0 radical (unpaired) electrons. The minimum absolute atomic E-state index is 0.0708. The van der Waals surface area contributed by atoms with E-state index in [0.29, 0.717) is 10.4 Å². The van der Waals surface area contributed by atoms with Crippen LogP contribution in [-0.4, -0.2) is 15.7 Å². The number of nitrogens with zero attached hydrogens (tertiary/aromatic N) is 2. The van der Waals surface area contributed by atoms with Crippen molar-refractivity contribution in [2.24, 2.45) is 0 Å². The first-order chi connectivity index (χ1) is 15.8. The molecule has 0 saturated heterocycles. The SMILES string of the molecule is O=C(Nc1ccc(-c2ccccc2)cc1)c1ccc(Cn2nc(C(F)F)c(Cl)c2C(F)F)o1. The van der Waals surface area contributed by atoms with Gasteiger partial charge >= 0.3 is 0 Å². The Balaban J connectivity index is 1.47. The number of alkyl halides is 4. The lowest BCUT2D eigenvalue weighted by Crippen LogP contribution is -2.11. The molecule has 4 aromatic rings. The number of benzene rings is 2. The zero-order chi connectivity index (χ0) is 23.5. The van der Waals surface area contributed by atoms with Crippen LogP contribution in [0.25, 0.3) is 11.1 Å². The highest BCUT2D eigenvalue weighted by Gasteiger charge is 2.28. The number of rotatable bonds is 7. The second-order valence-corrected chi connectivity index (χ2v) is 7.38. The highest BCUT2D eigenvalue weighted by atomic mass is 35.5. The van der Waals surface area contributed by atoms with E-state index in [2.05, 4.69) is 10.4 Å². The molecule has 2 aromatic heterocycles. The molecule has 0 aliphatic rings. The number of anilines is 1. The minimum atomic E-state index is -3.12. The molecular formula is C23H16ClF4N3O2. The summed E-state index contributed by atoms with van der Waals surface area (Å²) in [4.78, 5) is 12.5. The fourth-order valence-corrected chi connectivity index (χ4v) is 3.54. The molecule has 1 N–H and O–H groups in total. The molecule has 0 saturated carbocycles. The van der Waals surface area contributed by atoms with E-state index < -0.39 is 41.7 Å². The van der Waals surface area contributed by atoms with Gasteiger partial charge in [0.25, 0.3) is 18.8 Å². The summed E-state index contributed by atoms with van der Waals surface area (Å²) < 4.78 is 58.6. The first-order valence-electron chi connectivity index (χ1n) is 9.71. The van der Waals surface area contributed by atoms with Crippen molar-refractivity contribution in [1.82, 2.24) is 9.78 Å². The predicted molar refractivity (Wildman–Crippen MR) is 115 cm³/mol. The summed E-state index contributed by atoms with van der Waals surface area (Å²) in [5, 5.41) is 5.36. The van der Waals surface area contributed by atoms with Gasteiger partial charge < -0.3 is 9.73 Å². The van der Waals surface area contributed by atoms with Crippen molar-refractivity contribution in [1.29, 1.82) is 0 Å². The van der Waals surface area contributed by atoms with Gasteiger partial charge in [0.15, 0.2) is 5.76 Å². The molecule has 2 aromatic carbocycles. The molecule has 0 aliphatic carbocycles. The maximum atomic E-state index is 13.3. The number of halogens is 5. The number of hydrogen-bond acceptors (Lipinski definition) is 3. The van der Waals surface area contributed by atoms with E-state index >= 15 is 0 Å². The van der Waals surface area contributed by atoms with Crippen molar-refractivity contribution in [3.63, 3.8) is 0 Å². The lowest BCUT2D eigenvalue weighted by molar-refractivity contribution is 0.0994. The maximum absolute atomic E-state index is 13.3.